The van der Waals surface area contributed by atoms with E-state index in [0.717, 1.165) is 5.56 Å². The minimum Gasteiger partial charge on any atom is -0.467 e. The molecule has 0 bridgehead atoms. The van der Waals surface area contributed by atoms with Gasteiger partial charge in [-0.3, -0.25) is 4.79 Å². The van der Waals surface area contributed by atoms with Crippen molar-refractivity contribution in [3.63, 3.8) is 0 Å². The monoisotopic (exact) mass is 307 g/mol. The SMILES string of the molecule is COC(=O)[C@](NC(C)=O)(C(C)C)[C@@H](O)CCc1ccccc1. The van der Waals surface area contributed by atoms with E-state index < -0.39 is 17.6 Å². The molecule has 1 amide bonds. The maximum absolute atomic E-state index is 12.3. The van der Waals surface area contributed by atoms with E-state index in [4.69, 9.17) is 4.74 Å². The molecule has 5 heteroatoms. The summed E-state index contributed by atoms with van der Waals surface area (Å²) in [4.78, 5) is 23.8. The summed E-state index contributed by atoms with van der Waals surface area (Å²) in [5, 5.41) is 13.2. The van der Waals surface area contributed by atoms with Gasteiger partial charge in [0.1, 0.15) is 0 Å². The molecule has 1 aromatic carbocycles. The number of amides is 1. The molecule has 0 radical (unpaired) electrons. The normalized spacial score (nSPS) is 15.0. The highest BCUT2D eigenvalue weighted by Crippen LogP contribution is 2.26. The predicted octanol–water partition coefficient (Wildman–Crippen LogP) is 1.68. The molecular weight excluding hydrogens is 282 g/mol. The molecule has 0 aliphatic rings. The first kappa shape index (κ1) is 18.2. The molecule has 22 heavy (non-hydrogen) atoms. The fourth-order valence-electron chi connectivity index (χ4n) is 2.67. The van der Waals surface area contributed by atoms with Gasteiger partial charge in [-0.05, 0) is 24.3 Å². The van der Waals surface area contributed by atoms with Crippen LogP contribution in [0.3, 0.4) is 0 Å². The lowest BCUT2D eigenvalue weighted by Crippen LogP contribution is -2.65. The van der Waals surface area contributed by atoms with Gasteiger partial charge < -0.3 is 15.2 Å². The number of methoxy groups -OCH3 is 1. The Bertz CT molecular complexity index is 501. The van der Waals surface area contributed by atoms with E-state index in [1.54, 1.807) is 13.8 Å². The number of esters is 1. The fourth-order valence-corrected chi connectivity index (χ4v) is 2.67. The van der Waals surface area contributed by atoms with Crippen LogP contribution in [0.25, 0.3) is 0 Å². The van der Waals surface area contributed by atoms with Gasteiger partial charge in [0.15, 0.2) is 5.54 Å². The van der Waals surface area contributed by atoms with Crippen molar-refractivity contribution in [3.8, 4) is 0 Å². The van der Waals surface area contributed by atoms with Crippen LogP contribution in [0.15, 0.2) is 30.3 Å². The lowest BCUT2D eigenvalue weighted by molar-refractivity contribution is -0.160. The van der Waals surface area contributed by atoms with E-state index >= 15 is 0 Å². The van der Waals surface area contributed by atoms with Crippen molar-refractivity contribution in [1.29, 1.82) is 0 Å². The van der Waals surface area contributed by atoms with Crippen LogP contribution in [0.2, 0.25) is 0 Å². The average molecular weight is 307 g/mol. The molecule has 2 atom stereocenters. The number of hydrogen-bond acceptors (Lipinski definition) is 4. The van der Waals surface area contributed by atoms with Gasteiger partial charge in [0.05, 0.1) is 13.2 Å². The van der Waals surface area contributed by atoms with Crippen molar-refractivity contribution >= 4 is 11.9 Å². The number of ether oxygens (including phenoxy) is 1. The van der Waals surface area contributed by atoms with E-state index in [2.05, 4.69) is 5.32 Å². The summed E-state index contributed by atoms with van der Waals surface area (Å²) in [6.45, 7) is 4.88. The Balaban J connectivity index is 2.98. The van der Waals surface area contributed by atoms with Crippen LogP contribution in [0, 0.1) is 5.92 Å². The number of hydrogen-bond donors (Lipinski definition) is 2. The lowest BCUT2D eigenvalue weighted by atomic mass is 9.78. The maximum Gasteiger partial charge on any atom is 0.334 e. The van der Waals surface area contributed by atoms with Gasteiger partial charge in [-0.2, -0.15) is 0 Å². The van der Waals surface area contributed by atoms with Crippen LogP contribution in [0.5, 0.6) is 0 Å². The van der Waals surface area contributed by atoms with Crippen LogP contribution in [-0.2, 0) is 20.7 Å². The minimum absolute atomic E-state index is 0.311. The molecule has 0 fully saturated rings. The Labute approximate surface area is 131 Å². The summed E-state index contributed by atoms with van der Waals surface area (Å²) in [6, 6.07) is 9.68. The van der Waals surface area contributed by atoms with Crippen LogP contribution in [0.1, 0.15) is 32.8 Å². The van der Waals surface area contributed by atoms with Gasteiger partial charge >= 0.3 is 5.97 Å². The molecule has 0 unspecified atom stereocenters. The van der Waals surface area contributed by atoms with Gasteiger partial charge in [-0.15, -0.1) is 0 Å². The highest BCUT2D eigenvalue weighted by atomic mass is 16.5. The summed E-state index contributed by atoms with van der Waals surface area (Å²) < 4.78 is 4.84. The molecule has 0 aliphatic carbocycles. The zero-order valence-corrected chi connectivity index (χ0v) is 13.6. The van der Waals surface area contributed by atoms with Gasteiger partial charge in [0.2, 0.25) is 5.91 Å². The van der Waals surface area contributed by atoms with E-state index in [1.807, 2.05) is 30.3 Å². The third-order valence-corrected chi connectivity index (χ3v) is 3.89. The Morgan fingerprint density at radius 1 is 1.27 bits per heavy atom. The fraction of sp³-hybridized carbons (Fsp3) is 0.529. The topological polar surface area (TPSA) is 75.6 Å². The molecule has 0 spiro atoms. The third kappa shape index (κ3) is 4.07. The number of aliphatic hydroxyl groups is 1. The second kappa shape index (κ2) is 7.94. The van der Waals surface area contributed by atoms with Gasteiger partial charge in [-0.1, -0.05) is 44.2 Å². The number of nitrogens with one attached hydrogen (secondary N) is 1. The van der Waals surface area contributed by atoms with Crippen LogP contribution < -0.4 is 5.32 Å². The number of rotatable bonds is 7. The van der Waals surface area contributed by atoms with Crippen molar-refractivity contribution in [1.82, 2.24) is 5.32 Å². The largest absolute Gasteiger partial charge is 0.467 e. The second-order valence-electron chi connectivity index (χ2n) is 5.74. The summed E-state index contributed by atoms with van der Waals surface area (Å²) >= 11 is 0. The van der Waals surface area contributed by atoms with Crippen molar-refractivity contribution in [2.75, 3.05) is 7.11 Å². The molecule has 0 aliphatic heterocycles. The first-order chi connectivity index (χ1) is 10.3. The Morgan fingerprint density at radius 3 is 2.32 bits per heavy atom. The summed E-state index contributed by atoms with van der Waals surface area (Å²) in [5.74, 6) is -1.31. The number of carbonyl (C=O) groups is 2. The number of aryl methyl sites for hydroxylation is 1. The molecule has 1 aromatic rings. The number of benzene rings is 1. The van der Waals surface area contributed by atoms with Crippen LogP contribution in [-0.4, -0.2) is 35.7 Å². The van der Waals surface area contributed by atoms with Crippen LogP contribution >= 0.6 is 0 Å². The predicted molar refractivity (Wildman–Crippen MR) is 84.2 cm³/mol. The van der Waals surface area contributed by atoms with Crippen molar-refractivity contribution in [3.05, 3.63) is 35.9 Å². The highest BCUT2D eigenvalue weighted by Gasteiger charge is 2.49. The van der Waals surface area contributed by atoms with Crippen molar-refractivity contribution in [2.24, 2.45) is 5.92 Å². The molecule has 1 rings (SSSR count). The maximum atomic E-state index is 12.3. The third-order valence-electron chi connectivity index (χ3n) is 3.89. The summed E-state index contributed by atoms with van der Waals surface area (Å²) in [5.41, 5.74) is -0.373. The van der Waals surface area contributed by atoms with Gasteiger partial charge in [0, 0.05) is 6.92 Å². The second-order valence-corrected chi connectivity index (χ2v) is 5.74. The number of carbonyl (C=O) groups excluding carboxylic acids is 2. The first-order valence-corrected chi connectivity index (χ1v) is 7.43. The first-order valence-electron chi connectivity index (χ1n) is 7.43. The zero-order chi connectivity index (χ0) is 16.8. The van der Waals surface area contributed by atoms with E-state index in [-0.39, 0.29) is 11.8 Å². The Morgan fingerprint density at radius 2 is 1.86 bits per heavy atom. The standard InChI is InChI=1S/C17H25NO4/c1-12(2)17(16(21)22-4,18-13(3)19)15(20)11-10-14-8-6-5-7-9-14/h5-9,12,15,20H,10-11H2,1-4H3,(H,18,19)/t15-,17-/m0/s1. The van der Waals surface area contributed by atoms with Gasteiger partial charge in [-0.25, -0.2) is 4.79 Å². The lowest BCUT2D eigenvalue weighted by Gasteiger charge is -2.39. The quantitative estimate of drug-likeness (QED) is 0.752. The average Bonchev–Trinajstić information content (AvgIpc) is 2.49. The molecule has 0 saturated carbocycles. The molecule has 0 aromatic heterocycles. The van der Waals surface area contributed by atoms with Gasteiger partial charge in [0.25, 0.3) is 0 Å². The van der Waals surface area contributed by atoms with Crippen molar-refractivity contribution in [2.45, 2.75) is 45.3 Å². The zero-order valence-electron chi connectivity index (χ0n) is 13.6. The molecule has 0 saturated heterocycles. The Kier molecular flexibility index (Phi) is 6.56. The Hall–Kier alpha value is -1.88. The molecule has 5 nitrogen and oxygen atoms in total. The molecule has 122 valence electrons. The molecular formula is C17H25NO4. The van der Waals surface area contributed by atoms with E-state index in [1.165, 1.54) is 14.0 Å². The summed E-state index contributed by atoms with van der Waals surface area (Å²) in [6.07, 6.45) is -0.0889. The van der Waals surface area contributed by atoms with E-state index in [0.29, 0.717) is 12.8 Å². The van der Waals surface area contributed by atoms with Crippen LogP contribution in [0.4, 0.5) is 0 Å². The smallest absolute Gasteiger partial charge is 0.334 e. The summed E-state index contributed by atoms with van der Waals surface area (Å²) in [7, 11) is 1.26. The van der Waals surface area contributed by atoms with Crippen molar-refractivity contribution < 1.29 is 19.4 Å². The van der Waals surface area contributed by atoms with E-state index in [9.17, 15) is 14.7 Å². The highest BCUT2D eigenvalue weighted by molar-refractivity contribution is 5.88. The molecule has 0 heterocycles. The molecule has 2 N–H and O–H groups in total. The minimum atomic E-state index is -1.44. The number of aliphatic hydroxyl groups excluding tert-OH is 1.